The molecule has 0 aromatic rings. The fourth-order valence-electron chi connectivity index (χ4n) is 3.18. The Labute approximate surface area is 202 Å². The minimum atomic E-state index is -4.20. The van der Waals surface area contributed by atoms with Crippen LogP contribution in [-0.4, -0.2) is 43.1 Å². The van der Waals surface area contributed by atoms with E-state index >= 15 is 0 Å². The van der Waals surface area contributed by atoms with Crippen LogP contribution in [0.25, 0.3) is 0 Å². The summed E-state index contributed by atoms with van der Waals surface area (Å²) in [6, 6.07) is 0. The molecule has 0 aliphatic carbocycles. The largest absolute Gasteiger partial charge is 1.00 e. The number of likely N-dealkylation sites (N-methyl/N-ethyl adjacent to an activating group) is 1. The Morgan fingerprint density at radius 3 is 1.72 bits per heavy atom. The van der Waals surface area contributed by atoms with Crippen molar-refractivity contribution in [3.63, 3.8) is 0 Å². The molecule has 0 saturated carbocycles. The molecule has 0 unspecified atom stereocenters. The van der Waals surface area contributed by atoms with Crippen LogP contribution in [0.1, 0.15) is 103 Å². The van der Waals surface area contributed by atoms with E-state index in [1.807, 2.05) is 6.08 Å². The first-order valence-electron chi connectivity index (χ1n) is 11.2. The van der Waals surface area contributed by atoms with Gasteiger partial charge in [0.1, 0.15) is 0 Å². The Hall–Kier alpha value is 0.120. The number of nitrogens with zero attached hydrogens (tertiary/aromatic N) is 1. The SMILES string of the molecule is CCCCCCCCCCCCCCC/C=C/C(=O)N(C)CCCS(=O)(=O)[O-].[Na+]. The zero-order valence-corrected chi connectivity index (χ0v) is 22.0. The molecule has 7 heteroatoms. The third-order valence-corrected chi connectivity index (χ3v) is 5.79. The maximum absolute atomic E-state index is 11.8. The molecule has 0 aromatic carbocycles. The number of carbonyl (C=O) groups excluding carboxylic acids is 1. The summed E-state index contributed by atoms with van der Waals surface area (Å²) in [4.78, 5) is 13.3. The van der Waals surface area contributed by atoms with Crippen molar-refractivity contribution < 1.29 is 47.3 Å². The predicted octanol–water partition coefficient (Wildman–Crippen LogP) is 2.42. The summed E-state index contributed by atoms with van der Waals surface area (Å²) in [7, 11) is -2.57. The van der Waals surface area contributed by atoms with E-state index < -0.39 is 15.9 Å². The van der Waals surface area contributed by atoms with E-state index in [0.29, 0.717) is 0 Å². The molecule has 0 heterocycles. The van der Waals surface area contributed by atoms with Crippen LogP contribution in [0.5, 0.6) is 0 Å². The molecule has 0 saturated heterocycles. The van der Waals surface area contributed by atoms with E-state index in [-0.39, 0.29) is 48.4 Å². The molecule has 5 nitrogen and oxygen atoms in total. The van der Waals surface area contributed by atoms with Gasteiger partial charge < -0.3 is 9.45 Å². The van der Waals surface area contributed by atoms with Gasteiger partial charge in [0.05, 0.1) is 10.1 Å². The predicted molar refractivity (Wildman–Crippen MR) is 116 cm³/mol. The van der Waals surface area contributed by atoms with Crippen LogP contribution in [0, 0.1) is 0 Å². The fourth-order valence-corrected chi connectivity index (χ4v) is 3.66. The van der Waals surface area contributed by atoms with Gasteiger partial charge in [-0.05, 0) is 25.3 Å². The number of carbonyl (C=O) groups is 1. The number of allylic oxidation sites excluding steroid dienone is 1. The molecule has 29 heavy (non-hydrogen) atoms. The van der Waals surface area contributed by atoms with E-state index in [1.165, 1.54) is 81.9 Å². The van der Waals surface area contributed by atoms with E-state index in [4.69, 9.17) is 0 Å². The summed E-state index contributed by atoms with van der Waals surface area (Å²) in [6.07, 6.45) is 21.8. The molecule has 0 bridgehead atoms. The summed E-state index contributed by atoms with van der Waals surface area (Å²) in [5.41, 5.74) is 0. The van der Waals surface area contributed by atoms with E-state index in [9.17, 15) is 17.8 Å². The first-order chi connectivity index (χ1) is 13.4. The molecule has 0 atom stereocenters. The van der Waals surface area contributed by atoms with Crippen molar-refractivity contribution in [2.75, 3.05) is 19.3 Å². The summed E-state index contributed by atoms with van der Waals surface area (Å²) < 4.78 is 31.6. The van der Waals surface area contributed by atoms with Gasteiger partial charge in [0.2, 0.25) is 5.91 Å². The molecule has 0 aliphatic rings. The molecule has 0 spiro atoms. The van der Waals surface area contributed by atoms with Gasteiger partial charge in [0, 0.05) is 19.3 Å². The molecular weight excluding hydrogens is 397 g/mol. The number of unbranched alkanes of at least 4 members (excludes halogenated alkanes) is 13. The van der Waals surface area contributed by atoms with Gasteiger partial charge in [-0.2, -0.15) is 0 Å². The molecule has 0 fully saturated rings. The van der Waals surface area contributed by atoms with Crippen LogP contribution < -0.4 is 29.6 Å². The Balaban J connectivity index is 0. The molecule has 0 aliphatic heterocycles. The van der Waals surface area contributed by atoms with Crippen molar-refractivity contribution in [3.8, 4) is 0 Å². The molecular formula is C22H42NNaO4S. The Kier molecular flexibility index (Phi) is 23.1. The molecule has 0 aromatic heterocycles. The normalized spacial score (nSPS) is 11.6. The number of hydrogen-bond acceptors (Lipinski definition) is 4. The van der Waals surface area contributed by atoms with E-state index in [2.05, 4.69) is 6.92 Å². The summed E-state index contributed by atoms with van der Waals surface area (Å²) in [6.45, 7) is 2.54. The van der Waals surface area contributed by atoms with Crippen LogP contribution >= 0.6 is 0 Å². The standard InChI is InChI=1S/C22H43NO4S.Na/c1-3-4-5-6-7-8-9-10-11-12-13-14-15-16-17-19-22(24)23(2)20-18-21-28(25,26)27;/h17,19H,3-16,18,20-21H2,1-2H3,(H,25,26,27);/q;+1/p-1/b19-17+;. The second-order valence-electron chi connectivity index (χ2n) is 7.81. The van der Waals surface area contributed by atoms with Gasteiger partial charge in [-0.25, -0.2) is 8.42 Å². The third-order valence-electron chi connectivity index (χ3n) is 5.00. The Bertz CT molecular complexity index is 509. The van der Waals surface area contributed by atoms with Gasteiger partial charge in [0.25, 0.3) is 0 Å². The Morgan fingerprint density at radius 2 is 1.28 bits per heavy atom. The summed E-state index contributed by atoms with van der Waals surface area (Å²) in [5, 5.41) is 0. The maximum Gasteiger partial charge on any atom is 1.00 e. The first kappa shape index (κ1) is 31.3. The third kappa shape index (κ3) is 24.3. The van der Waals surface area contributed by atoms with Crippen LogP contribution in [0.4, 0.5) is 0 Å². The van der Waals surface area contributed by atoms with Crippen molar-refractivity contribution in [1.29, 1.82) is 0 Å². The first-order valence-corrected chi connectivity index (χ1v) is 12.8. The average Bonchev–Trinajstić information content (AvgIpc) is 2.63. The van der Waals surface area contributed by atoms with Gasteiger partial charge in [-0.15, -0.1) is 0 Å². The van der Waals surface area contributed by atoms with Crippen molar-refractivity contribution >= 4 is 16.0 Å². The van der Waals surface area contributed by atoms with Crippen molar-refractivity contribution in [2.45, 2.75) is 103 Å². The van der Waals surface area contributed by atoms with E-state index in [0.717, 1.165) is 12.8 Å². The number of hydrogen-bond donors (Lipinski definition) is 0. The summed E-state index contributed by atoms with van der Waals surface area (Å²) >= 11 is 0. The van der Waals surface area contributed by atoms with Crippen molar-refractivity contribution in [2.24, 2.45) is 0 Å². The van der Waals surface area contributed by atoms with E-state index in [1.54, 1.807) is 13.1 Å². The second kappa shape index (κ2) is 21.4. The van der Waals surface area contributed by atoms with Gasteiger partial charge in [-0.3, -0.25) is 4.79 Å². The molecule has 0 radical (unpaired) electrons. The fraction of sp³-hybridized carbons (Fsp3) is 0.864. The summed E-state index contributed by atoms with van der Waals surface area (Å²) in [5.74, 6) is -0.564. The monoisotopic (exact) mass is 439 g/mol. The minimum Gasteiger partial charge on any atom is -0.748 e. The molecule has 0 N–H and O–H groups in total. The van der Waals surface area contributed by atoms with Crippen molar-refractivity contribution in [3.05, 3.63) is 12.2 Å². The van der Waals surface area contributed by atoms with Crippen LogP contribution in [0.15, 0.2) is 12.2 Å². The molecule has 166 valence electrons. The van der Waals surface area contributed by atoms with Gasteiger partial charge in [0.15, 0.2) is 0 Å². The van der Waals surface area contributed by atoms with Crippen LogP contribution in [-0.2, 0) is 14.9 Å². The zero-order valence-electron chi connectivity index (χ0n) is 19.2. The van der Waals surface area contributed by atoms with Crippen LogP contribution in [0.3, 0.4) is 0 Å². The average molecular weight is 440 g/mol. The second-order valence-corrected chi connectivity index (χ2v) is 9.33. The topological polar surface area (TPSA) is 77.5 Å². The Morgan fingerprint density at radius 1 is 0.828 bits per heavy atom. The van der Waals surface area contributed by atoms with Crippen molar-refractivity contribution in [1.82, 2.24) is 4.90 Å². The quantitative estimate of drug-likeness (QED) is 0.134. The van der Waals surface area contributed by atoms with Gasteiger partial charge >= 0.3 is 29.6 Å². The maximum atomic E-state index is 11.8. The molecule has 1 amide bonds. The number of amides is 1. The zero-order chi connectivity index (χ0) is 21.1. The van der Waals surface area contributed by atoms with Crippen LogP contribution in [0.2, 0.25) is 0 Å². The molecule has 0 rings (SSSR count). The van der Waals surface area contributed by atoms with Gasteiger partial charge in [-0.1, -0.05) is 90.0 Å². The number of rotatable bonds is 19. The smallest absolute Gasteiger partial charge is 0.748 e. The minimum absolute atomic E-state index is 0.